The van der Waals surface area contributed by atoms with Gasteiger partial charge < -0.3 is 5.32 Å². The van der Waals surface area contributed by atoms with E-state index in [4.69, 9.17) is 0 Å². The fourth-order valence-corrected chi connectivity index (χ4v) is 3.24. The van der Waals surface area contributed by atoms with Crippen molar-refractivity contribution >= 4 is 5.69 Å². The van der Waals surface area contributed by atoms with Gasteiger partial charge in [-0.15, -0.1) is 0 Å². The first-order chi connectivity index (χ1) is 12.8. The van der Waals surface area contributed by atoms with Crippen LogP contribution in [0, 0.1) is 5.82 Å². The van der Waals surface area contributed by atoms with Crippen molar-refractivity contribution in [2.24, 2.45) is 0 Å². The van der Waals surface area contributed by atoms with E-state index in [1.54, 1.807) is 6.07 Å². The molecule has 0 heterocycles. The van der Waals surface area contributed by atoms with Gasteiger partial charge in [0.25, 0.3) is 0 Å². The smallest absolute Gasteiger partial charge is 0.147 e. The summed E-state index contributed by atoms with van der Waals surface area (Å²) < 4.78 is 15.1. The van der Waals surface area contributed by atoms with Crippen molar-refractivity contribution in [3.05, 3.63) is 103 Å². The Labute approximate surface area is 153 Å². The van der Waals surface area contributed by atoms with Gasteiger partial charge >= 0.3 is 0 Å². The zero-order chi connectivity index (χ0) is 17.8. The molecule has 0 aromatic heterocycles. The van der Waals surface area contributed by atoms with Crippen molar-refractivity contribution in [1.82, 2.24) is 0 Å². The van der Waals surface area contributed by atoms with Crippen LogP contribution in [-0.4, -0.2) is 0 Å². The summed E-state index contributed by atoms with van der Waals surface area (Å²) in [6, 6.07) is 23.6. The molecule has 0 radical (unpaired) electrons. The molecule has 0 fully saturated rings. The highest BCUT2D eigenvalue weighted by molar-refractivity contribution is 5.84. The van der Waals surface area contributed by atoms with Crippen LogP contribution in [0.3, 0.4) is 0 Å². The van der Waals surface area contributed by atoms with Crippen molar-refractivity contribution < 1.29 is 4.39 Å². The van der Waals surface area contributed by atoms with Crippen molar-refractivity contribution in [2.75, 3.05) is 5.32 Å². The SMILES string of the molecule is Fc1cc(-c2ccccc2)cc(-c2ccccc2)c1NC1=CC=CCC1. The molecule has 0 saturated heterocycles. The van der Waals surface area contributed by atoms with Gasteiger partial charge in [0.1, 0.15) is 5.82 Å². The minimum atomic E-state index is -0.236. The lowest BCUT2D eigenvalue weighted by molar-refractivity contribution is 0.632. The van der Waals surface area contributed by atoms with E-state index in [0.717, 1.165) is 40.8 Å². The first-order valence-corrected chi connectivity index (χ1v) is 8.88. The highest BCUT2D eigenvalue weighted by Crippen LogP contribution is 2.36. The number of rotatable bonds is 4. The maximum atomic E-state index is 15.1. The largest absolute Gasteiger partial charge is 0.356 e. The molecule has 3 aromatic carbocycles. The molecule has 1 aliphatic carbocycles. The summed E-state index contributed by atoms with van der Waals surface area (Å²) in [7, 11) is 0. The maximum absolute atomic E-state index is 15.1. The summed E-state index contributed by atoms with van der Waals surface area (Å²) in [5.41, 5.74) is 5.34. The van der Waals surface area contributed by atoms with Gasteiger partial charge in [0.2, 0.25) is 0 Å². The first kappa shape index (κ1) is 16.3. The Morgan fingerprint density at radius 3 is 2.12 bits per heavy atom. The van der Waals surface area contributed by atoms with E-state index in [1.165, 1.54) is 0 Å². The van der Waals surface area contributed by atoms with Crippen LogP contribution < -0.4 is 5.32 Å². The molecule has 0 unspecified atom stereocenters. The molecule has 1 N–H and O–H groups in total. The first-order valence-electron chi connectivity index (χ1n) is 8.88. The van der Waals surface area contributed by atoms with Crippen LogP contribution in [0.5, 0.6) is 0 Å². The predicted octanol–water partition coefficient (Wildman–Crippen LogP) is 6.81. The van der Waals surface area contributed by atoms with Gasteiger partial charge in [-0.05, 0) is 47.7 Å². The third-order valence-corrected chi connectivity index (χ3v) is 4.58. The average Bonchev–Trinajstić information content (AvgIpc) is 2.71. The molecule has 2 heteroatoms. The predicted molar refractivity (Wildman–Crippen MR) is 107 cm³/mol. The van der Waals surface area contributed by atoms with Crippen LogP contribution in [0.15, 0.2) is 96.7 Å². The van der Waals surface area contributed by atoms with Gasteiger partial charge in [0.15, 0.2) is 0 Å². The fraction of sp³-hybridized carbons (Fsp3) is 0.0833. The third-order valence-electron chi connectivity index (χ3n) is 4.58. The fourth-order valence-electron chi connectivity index (χ4n) is 3.24. The van der Waals surface area contributed by atoms with E-state index in [2.05, 4.69) is 17.5 Å². The number of anilines is 1. The Bertz CT molecular complexity index is 956. The lowest BCUT2D eigenvalue weighted by atomic mass is 9.96. The number of hydrogen-bond donors (Lipinski definition) is 1. The summed E-state index contributed by atoms with van der Waals surface area (Å²) in [6.07, 6.45) is 8.03. The van der Waals surface area contributed by atoms with Crippen molar-refractivity contribution in [1.29, 1.82) is 0 Å². The standard InChI is InChI=1S/C24H20FN/c25-23-17-20(18-10-4-1-5-11-18)16-22(19-12-6-2-7-13-19)24(23)26-21-14-8-3-9-15-21/h1-8,10-14,16-17,26H,9,15H2. The summed E-state index contributed by atoms with van der Waals surface area (Å²) in [5, 5.41) is 3.33. The van der Waals surface area contributed by atoms with Gasteiger partial charge in [-0.1, -0.05) is 72.8 Å². The highest BCUT2D eigenvalue weighted by Gasteiger charge is 2.15. The minimum absolute atomic E-state index is 0.236. The molecule has 0 aliphatic heterocycles. The van der Waals surface area contributed by atoms with Crippen LogP contribution in [0.25, 0.3) is 22.3 Å². The van der Waals surface area contributed by atoms with Crippen LogP contribution in [-0.2, 0) is 0 Å². The van der Waals surface area contributed by atoms with E-state index in [1.807, 2.05) is 72.8 Å². The number of halogens is 1. The molecule has 3 aromatic rings. The summed E-state index contributed by atoms with van der Waals surface area (Å²) in [4.78, 5) is 0. The number of allylic oxidation sites excluding steroid dienone is 4. The summed E-state index contributed by atoms with van der Waals surface area (Å²) in [5.74, 6) is -0.236. The molecule has 0 spiro atoms. The average molecular weight is 341 g/mol. The Kier molecular flexibility index (Phi) is 4.65. The molecule has 0 atom stereocenters. The second kappa shape index (κ2) is 7.40. The van der Waals surface area contributed by atoms with Crippen molar-refractivity contribution in [3.8, 4) is 22.3 Å². The second-order valence-corrected chi connectivity index (χ2v) is 6.40. The Balaban J connectivity index is 1.84. The molecule has 128 valence electrons. The van der Waals surface area contributed by atoms with Crippen molar-refractivity contribution in [3.63, 3.8) is 0 Å². The number of hydrogen-bond acceptors (Lipinski definition) is 1. The lowest BCUT2D eigenvalue weighted by Gasteiger charge is -2.18. The maximum Gasteiger partial charge on any atom is 0.147 e. The van der Waals surface area contributed by atoms with Gasteiger partial charge in [0, 0.05) is 11.3 Å². The van der Waals surface area contributed by atoms with E-state index < -0.39 is 0 Å². The molecule has 0 amide bonds. The molecule has 0 bridgehead atoms. The van der Waals surface area contributed by atoms with Crippen LogP contribution >= 0.6 is 0 Å². The van der Waals surface area contributed by atoms with E-state index >= 15 is 4.39 Å². The zero-order valence-electron chi connectivity index (χ0n) is 14.5. The monoisotopic (exact) mass is 341 g/mol. The van der Waals surface area contributed by atoms with Crippen LogP contribution in [0.1, 0.15) is 12.8 Å². The molecule has 4 rings (SSSR count). The van der Waals surface area contributed by atoms with E-state index in [9.17, 15) is 0 Å². The Morgan fingerprint density at radius 1 is 0.769 bits per heavy atom. The third kappa shape index (κ3) is 3.45. The minimum Gasteiger partial charge on any atom is -0.356 e. The second-order valence-electron chi connectivity index (χ2n) is 6.40. The molecule has 1 nitrogen and oxygen atoms in total. The van der Waals surface area contributed by atoms with E-state index in [-0.39, 0.29) is 5.82 Å². The molecule has 26 heavy (non-hydrogen) atoms. The van der Waals surface area contributed by atoms with Gasteiger partial charge in [-0.2, -0.15) is 0 Å². The quantitative estimate of drug-likeness (QED) is 0.550. The number of nitrogens with one attached hydrogen (secondary N) is 1. The van der Waals surface area contributed by atoms with Crippen LogP contribution in [0.2, 0.25) is 0 Å². The number of benzene rings is 3. The molecule has 0 saturated carbocycles. The topological polar surface area (TPSA) is 12.0 Å². The zero-order valence-corrected chi connectivity index (χ0v) is 14.5. The molecule has 1 aliphatic rings. The van der Waals surface area contributed by atoms with Crippen LogP contribution in [0.4, 0.5) is 10.1 Å². The summed E-state index contributed by atoms with van der Waals surface area (Å²) >= 11 is 0. The Hall–Kier alpha value is -3.13. The molecular formula is C24H20FN. The normalized spacial score (nSPS) is 13.3. The van der Waals surface area contributed by atoms with Gasteiger partial charge in [-0.25, -0.2) is 4.39 Å². The molecular weight excluding hydrogens is 321 g/mol. The summed E-state index contributed by atoms with van der Waals surface area (Å²) in [6.45, 7) is 0. The van der Waals surface area contributed by atoms with E-state index in [0.29, 0.717) is 5.69 Å². The highest BCUT2D eigenvalue weighted by atomic mass is 19.1. The van der Waals surface area contributed by atoms with Gasteiger partial charge in [0.05, 0.1) is 5.69 Å². The van der Waals surface area contributed by atoms with Gasteiger partial charge in [-0.3, -0.25) is 0 Å². The van der Waals surface area contributed by atoms with Crippen molar-refractivity contribution in [2.45, 2.75) is 12.8 Å². The lowest BCUT2D eigenvalue weighted by Crippen LogP contribution is -2.05. The Morgan fingerprint density at radius 2 is 1.46 bits per heavy atom.